The minimum absolute atomic E-state index is 0.0952. The molecule has 1 aromatic heterocycles. The number of aromatic nitrogens is 3. The topological polar surface area (TPSA) is 80.5 Å². The summed E-state index contributed by atoms with van der Waals surface area (Å²) in [5.74, 6) is 1.34. The van der Waals surface area contributed by atoms with Crippen molar-refractivity contribution in [1.29, 1.82) is 0 Å². The lowest BCUT2D eigenvalue weighted by Gasteiger charge is -2.30. The molecule has 0 bridgehead atoms. The normalized spacial score (nSPS) is 16.7. The van der Waals surface area contributed by atoms with Gasteiger partial charge in [0, 0.05) is 24.3 Å². The van der Waals surface area contributed by atoms with E-state index in [2.05, 4.69) is 10.2 Å². The van der Waals surface area contributed by atoms with E-state index in [0.29, 0.717) is 17.5 Å². The number of hydrogen-bond acceptors (Lipinski definition) is 6. The Morgan fingerprint density at radius 1 is 1.24 bits per heavy atom. The Balaban J connectivity index is 1.82. The van der Waals surface area contributed by atoms with E-state index in [-0.39, 0.29) is 29.8 Å². The second kappa shape index (κ2) is 9.63. The fraction of sp³-hybridized carbons (Fsp3) is 0.571. The summed E-state index contributed by atoms with van der Waals surface area (Å²) in [7, 11) is 0. The van der Waals surface area contributed by atoms with E-state index in [9.17, 15) is 9.90 Å². The van der Waals surface area contributed by atoms with E-state index in [1.165, 1.54) is 11.8 Å². The van der Waals surface area contributed by atoms with Gasteiger partial charge >= 0.3 is 0 Å². The van der Waals surface area contributed by atoms with Crippen LogP contribution in [-0.4, -0.2) is 61.2 Å². The van der Waals surface area contributed by atoms with Gasteiger partial charge in [-0.25, -0.2) is 0 Å². The lowest BCUT2D eigenvalue weighted by Crippen LogP contribution is -2.43. The van der Waals surface area contributed by atoms with Gasteiger partial charge in [0.15, 0.2) is 11.0 Å². The Bertz CT molecular complexity index is 806. The largest absolute Gasteiger partial charge is 0.508 e. The molecule has 0 saturated carbocycles. The summed E-state index contributed by atoms with van der Waals surface area (Å²) in [6, 6.07) is 7.23. The van der Waals surface area contributed by atoms with Crippen molar-refractivity contribution >= 4 is 17.7 Å². The Labute approximate surface area is 176 Å². The van der Waals surface area contributed by atoms with E-state index < -0.39 is 0 Å². The Morgan fingerprint density at radius 3 is 2.52 bits per heavy atom. The maximum Gasteiger partial charge on any atom is 0.233 e. The van der Waals surface area contributed by atoms with Crippen LogP contribution >= 0.6 is 11.8 Å². The average molecular weight is 419 g/mol. The van der Waals surface area contributed by atoms with Crippen LogP contribution in [0.2, 0.25) is 0 Å². The molecule has 1 atom stereocenters. The summed E-state index contributed by atoms with van der Waals surface area (Å²) in [4.78, 5) is 14.7. The van der Waals surface area contributed by atoms with E-state index in [4.69, 9.17) is 4.74 Å². The number of nitrogens with zero attached hydrogens (tertiary/aromatic N) is 4. The maximum atomic E-state index is 12.8. The van der Waals surface area contributed by atoms with Crippen molar-refractivity contribution < 1.29 is 14.6 Å². The summed E-state index contributed by atoms with van der Waals surface area (Å²) in [6.07, 6.45) is 2.19. The molecular formula is C21H30N4O3S. The summed E-state index contributed by atoms with van der Waals surface area (Å²) in [5.41, 5.74) is 0.873. The number of thioether (sulfide) groups is 1. The molecule has 1 aromatic carbocycles. The maximum absolute atomic E-state index is 12.8. The molecule has 1 saturated heterocycles. The van der Waals surface area contributed by atoms with Crippen LogP contribution in [0.4, 0.5) is 0 Å². The highest BCUT2D eigenvalue weighted by Gasteiger charge is 2.24. The minimum Gasteiger partial charge on any atom is -0.508 e. The number of carbonyl (C=O) groups is 1. The van der Waals surface area contributed by atoms with Crippen molar-refractivity contribution in [1.82, 2.24) is 19.7 Å². The smallest absolute Gasteiger partial charge is 0.233 e. The zero-order chi connectivity index (χ0) is 21.0. The molecule has 0 spiro atoms. The number of ether oxygens (including phenoxy) is 1. The van der Waals surface area contributed by atoms with Crippen molar-refractivity contribution in [2.45, 2.75) is 70.4 Å². The number of amides is 1. The van der Waals surface area contributed by atoms with Crippen LogP contribution in [0.1, 0.15) is 40.5 Å². The fourth-order valence-corrected chi connectivity index (χ4v) is 4.57. The number of rotatable bonds is 8. The van der Waals surface area contributed by atoms with E-state index in [0.717, 1.165) is 30.8 Å². The second-order valence-corrected chi connectivity index (χ2v) is 8.82. The lowest BCUT2D eigenvalue weighted by molar-refractivity contribution is -0.131. The van der Waals surface area contributed by atoms with Crippen LogP contribution in [-0.2, 0) is 16.1 Å². The summed E-state index contributed by atoms with van der Waals surface area (Å²) >= 11 is 1.41. The van der Waals surface area contributed by atoms with E-state index in [1.54, 1.807) is 12.1 Å². The van der Waals surface area contributed by atoms with Gasteiger partial charge in [0.1, 0.15) is 5.75 Å². The zero-order valence-corrected chi connectivity index (χ0v) is 18.4. The summed E-state index contributed by atoms with van der Waals surface area (Å²) < 4.78 is 7.85. The predicted octanol–water partition coefficient (Wildman–Crippen LogP) is 3.57. The van der Waals surface area contributed by atoms with Crippen LogP contribution in [0.5, 0.6) is 5.75 Å². The second-order valence-electron chi connectivity index (χ2n) is 7.88. The van der Waals surface area contributed by atoms with Crippen LogP contribution in [0, 0.1) is 0 Å². The molecule has 1 aliphatic heterocycles. The van der Waals surface area contributed by atoms with Gasteiger partial charge < -0.3 is 14.7 Å². The molecule has 1 unspecified atom stereocenters. The van der Waals surface area contributed by atoms with Gasteiger partial charge in [0.05, 0.1) is 18.4 Å². The number of carbonyl (C=O) groups excluding carboxylic acids is 1. The molecule has 1 fully saturated rings. The first kappa shape index (κ1) is 21.6. The van der Waals surface area contributed by atoms with Gasteiger partial charge in [-0.15, -0.1) is 10.2 Å². The van der Waals surface area contributed by atoms with Gasteiger partial charge in [-0.1, -0.05) is 11.8 Å². The number of phenols is 1. The van der Waals surface area contributed by atoms with Gasteiger partial charge in [-0.05, 0) is 64.8 Å². The number of aromatic hydroxyl groups is 1. The van der Waals surface area contributed by atoms with Crippen LogP contribution < -0.4 is 0 Å². The van der Waals surface area contributed by atoms with Gasteiger partial charge in [0.25, 0.3) is 0 Å². The quantitative estimate of drug-likeness (QED) is 0.660. The number of benzene rings is 1. The van der Waals surface area contributed by atoms with Gasteiger partial charge in [-0.3, -0.25) is 9.36 Å². The molecule has 0 radical (unpaired) electrons. The Morgan fingerprint density at radius 2 is 1.93 bits per heavy atom. The van der Waals surface area contributed by atoms with Crippen molar-refractivity contribution in [2.24, 2.45) is 0 Å². The van der Waals surface area contributed by atoms with Crippen LogP contribution in [0.25, 0.3) is 11.4 Å². The molecule has 1 N–H and O–H groups in total. The highest BCUT2D eigenvalue weighted by atomic mass is 32.2. The lowest BCUT2D eigenvalue weighted by atomic mass is 10.2. The Hall–Kier alpha value is -2.06. The molecule has 1 aliphatic rings. The fourth-order valence-electron chi connectivity index (χ4n) is 3.75. The molecule has 29 heavy (non-hydrogen) atoms. The van der Waals surface area contributed by atoms with E-state index in [1.807, 2.05) is 49.3 Å². The van der Waals surface area contributed by atoms with Gasteiger partial charge in [-0.2, -0.15) is 0 Å². The third kappa shape index (κ3) is 5.30. The SMILES string of the molecule is CC(C)N(C(=O)CSc1nnc(-c2ccc(O)cc2)n1CC1CCCO1)C(C)C. The summed E-state index contributed by atoms with van der Waals surface area (Å²) in [5, 5.41) is 19.0. The third-order valence-corrected chi connectivity index (χ3v) is 5.93. The van der Waals surface area contributed by atoms with Crippen molar-refractivity contribution in [3.05, 3.63) is 24.3 Å². The van der Waals surface area contributed by atoms with Gasteiger partial charge in [0.2, 0.25) is 5.91 Å². The standard InChI is InChI=1S/C21H30N4O3S/c1-14(2)25(15(3)4)19(27)13-29-21-23-22-20(16-7-9-17(26)10-8-16)24(21)12-18-6-5-11-28-18/h7-10,14-15,18,26H,5-6,11-13H2,1-4H3. The summed E-state index contributed by atoms with van der Waals surface area (Å²) in [6.45, 7) is 9.56. The molecule has 7 nitrogen and oxygen atoms in total. The molecular weight excluding hydrogens is 388 g/mol. The average Bonchev–Trinajstić information content (AvgIpc) is 3.31. The van der Waals surface area contributed by atoms with Crippen LogP contribution in [0.15, 0.2) is 29.4 Å². The highest BCUT2D eigenvalue weighted by molar-refractivity contribution is 7.99. The van der Waals surface area contributed by atoms with Crippen molar-refractivity contribution in [3.8, 4) is 17.1 Å². The molecule has 8 heteroatoms. The van der Waals surface area contributed by atoms with Crippen LogP contribution in [0.3, 0.4) is 0 Å². The molecule has 3 rings (SSSR count). The molecule has 2 heterocycles. The Kier molecular flexibility index (Phi) is 7.18. The van der Waals surface area contributed by atoms with E-state index >= 15 is 0 Å². The monoisotopic (exact) mass is 418 g/mol. The number of phenolic OH excluding ortho intramolecular Hbond substituents is 1. The minimum atomic E-state index is 0.0952. The highest BCUT2D eigenvalue weighted by Crippen LogP contribution is 2.28. The molecule has 1 amide bonds. The molecule has 2 aromatic rings. The zero-order valence-electron chi connectivity index (χ0n) is 17.5. The van der Waals surface area contributed by atoms with Crippen molar-refractivity contribution in [3.63, 3.8) is 0 Å². The third-order valence-electron chi connectivity index (χ3n) is 4.98. The predicted molar refractivity (Wildman–Crippen MR) is 114 cm³/mol. The molecule has 0 aliphatic carbocycles. The molecule has 158 valence electrons. The van der Waals surface area contributed by atoms with Crippen molar-refractivity contribution in [2.75, 3.05) is 12.4 Å². The first-order valence-electron chi connectivity index (χ1n) is 10.1. The number of hydrogen-bond donors (Lipinski definition) is 1. The first-order valence-corrected chi connectivity index (χ1v) is 11.1. The first-order chi connectivity index (χ1) is 13.9.